The van der Waals surface area contributed by atoms with Gasteiger partial charge in [0.05, 0.1) is 59.5 Å². The minimum Gasteiger partial charge on any atom is -0.394 e. The van der Waals surface area contributed by atoms with Crippen LogP contribution in [0.4, 0.5) is 0 Å². The van der Waals surface area contributed by atoms with Crippen molar-refractivity contribution in [1.29, 1.82) is 0 Å². The van der Waals surface area contributed by atoms with Gasteiger partial charge in [-0.1, -0.05) is 38.5 Å². The number of amides is 11. The number of nitrogens with one attached hydrogen (secondary N) is 11. The number of nitrogens with two attached hydrogens (primary N) is 1. The van der Waals surface area contributed by atoms with E-state index in [4.69, 9.17) is 48.4 Å². The van der Waals surface area contributed by atoms with Crippen molar-refractivity contribution in [2.24, 2.45) is 5.73 Å². The van der Waals surface area contributed by atoms with Gasteiger partial charge < -0.3 is 153 Å². The lowest BCUT2D eigenvalue weighted by molar-refractivity contribution is -0.270. The third kappa shape index (κ3) is 45.6. The Morgan fingerprint density at radius 1 is 0.308 bits per heavy atom. The maximum Gasteiger partial charge on any atom is 0.222 e. The van der Waals surface area contributed by atoms with Crippen molar-refractivity contribution in [2.75, 3.05) is 132 Å². The molecule has 0 aromatic rings. The molecule has 15 atom stereocenters. The van der Waals surface area contributed by atoms with Crippen LogP contribution in [0.15, 0.2) is 0 Å². The molecule has 3 saturated heterocycles. The van der Waals surface area contributed by atoms with Gasteiger partial charge in [-0.25, -0.2) is 0 Å². The van der Waals surface area contributed by atoms with Crippen LogP contribution in [0.3, 0.4) is 0 Å². The average Bonchev–Trinajstić information content (AvgIpc) is 0.818. The van der Waals surface area contributed by atoms with Gasteiger partial charge in [-0.15, -0.1) is 0 Å². The SMILES string of the molecule is CC(=O)NC1C(OCCCCC(=O)NCCCNC(=O)CCOCC(COCCC(=O)NCCCNC(=O)CCCCOC2OC(CO)C(O)C(O)C2NC(C)=O)(COCCC(=O)NCCCNC(=O)CCCCOC2OC(CO)C(O)C(O)C2NC(C)=O)NC(=O)CCCCCCCCCCC(=O)NCCCN)OC(CO)C(O)C1O. The number of aliphatic hydroxyl groups excluding tert-OH is 9. The van der Waals surface area contributed by atoms with E-state index in [1.807, 2.05) is 0 Å². The Hall–Kier alpha value is -6.59. The number of carbonyl (C=O) groups is 11. The van der Waals surface area contributed by atoms with Crippen molar-refractivity contribution in [3.8, 4) is 0 Å². The van der Waals surface area contributed by atoms with Crippen LogP contribution in [0.1, 0.15) is 188 Å². The summed E-state index contributed by atoms with van der Waals surface area (Å²) < 4.78 is 52.2. The van der Waals surface area contributed by atoms with E-state index in [1.165, 1.54) is 20.8 Å². The molecule has 0 aromatic carbocycles. The maximum atomic E-state index is 14.0. The zero-order valence-electron chi connectivity index (χ0n) is 68.5. The van der Waals surface area contributed by atoms with Gasteiger partial charge in [0.2, 0.25) is 65.0 Å². The van der Waals surface area contributed by atoms with Gasteiger partial charge >= 0.3 is 0 Å². The van der Waals surface area contributed by atoms with E-state index in [2.05, 4.69) is 58.5 Å². The Morgan fingerprint density at radius 2 is 0.547 bits per heavy atom. The Kier molecular flexibility index (Phi) is 55.9. The van der Waals surface area contributed by atoms with Crippen molar-refractivity contribution in [1.82, 2.24) is 58.5 Å². The average molecular weight is 1680 g/mol. The Bertz CT molecular complexity index is 2600. The minimum atomic E-state index is -1.46. The summed E-state index contributed by atoms with van der Waals surface area (Å²) in [6.07, 6.45) is -3.94. The number of carbonyl (C=O) groups excluding carboxylic acids is 11. The van der Waals surface area contributed by atoms with Gasteiger partial charge in [0.25, 0.3) is 0 Å². The zero-order valence-corrected chi connectivity index (χ0v) is 68.5. The summed E-state index contributed by atoms with van der Waals surface area (Å²) in [5, 5.41) is 121. The molecular formula is C76H138N12O29. The Labute approximate surface area is 684 Å². The zero-order chi connectivity index (χ0) is 86.2. The van der Waals surface area contributed by atoms with Crippen LogP contribution in [0, 0.1) is 0 Å². The van der Waals surface area contributed by atoms with Crippen LogP contribution < -0.4 is 64.2 Å². The summed E-state index contributed by atoms with van der Waals surface area (Å²) in [7, 11) is 0. The highest BCUT2D eigenvalue weighted by Crippen LogP contribution is 2.26. The summed E-state index contributed by atoms with van der Waals surface area (Å²) in [6, 6.07) is -3.29. The summed E-state index contributed by atoms with van der Waals surface area (Å²) in [6.45, 7) is 3.48. The van der Waals surface area contributed by atoms with Gasteiger partial charge in [0.15, 0.2) is 18.9 Å². The van der Waals surface area contributed by atoms with E-state index in [-0.39, 0.29) is 191 Å². The molecule has 0 spiro atoms. The molecule has 15 unspecified atom stereocenters. The molecule has 0 aliphatic carbocycles. The predicted molar refractivity (Wildman–Crippen MR) is 417 cm³/mol. The van der Waals surface area contributed by atoms with E-state index in [0.717, 1.165) is 51.4 Å². The fourth-order valence-corrected chi connectivity index (χ4v) is 12.7. The van der Waals surface area contributed by atoms with Crippen molar-refractivity contribution < 1.29 is 141 Å². The highest BCUT2D eigenvalue weighted by molar-refractivity contribution is 5.79. The second kappa shape index (κ2) is 62.5. The van der Waals surface area contributed by atoms with E-state index >= 15 is 0 Å². The van der Waals surface area contributed by atoms with Crippen LogP contribution in [-0.2, 0) is 95.4 Å². The lowest BCUT2D eigenvalue weighted by atomic mass is 9.97. The third-order valence-corrected chi connectivity index (χ3v) is 19.2. The molecule has 676 valence electrons. The summed E-state index contributed by atoms with van der Waals surface area (Å²) >= 11 is 0. The molecule has 0 aromatic heterocycles. The van der Waals surface area contributed by atoms with Crippen LogP contribution in [0.5, 0.6) is 0 Å². The predicted octanol–water partition coefficient (Wildman–Crippen LogP) is -5.31. The lowest BCUT2D eigenvalue weighted by Crippen LogP contribution is -2.64. The number of ether oxygens (including phenoxy) is 9. The number of unbranched alkanes of at least 4 members (excludes halogenated alkanes) is 10. The van der Waals surface area contributed by atoms with Crippen molar-refractivity contribution >= 4 is 65.0 Å². The van der Waals surface area contributed by atoms with Gasteiger partial charge in [-0.05, 0) is 83.6 Å². The molecule has 3 aliphatic rings. The van der Waals surface area contributed by atoms with E-state index in [0.29, 0.717) is 83.7 Å². The second-order valence-corrected chi connectivity index (χ2v) is 29.5. The molecule has 0 radical (unpaired) electrons. The molecule has 11 amide bonds. The summed E-state index contributed by atoms with van der Waals surface area (Å²) in [5.41, 5.74) is 4.10. The Balaban J connectivity index is 1.57. The van der Waals surface area contributed by atoms with Gasteiger partial charge in [-0.3, -0.25) is 52.7 Å². The van der Waals surface area contributed by atoms with E-state index in [1.54, 1.807) is 0 Å². The van der Waals surface area contributed by atoms with Crippen LogP contribution in [0.2, 0.25) is 0 Å². The van der Waals surface area contributed by atoms with Crippen LogP contribution >= 0.6 is 0 Å². The fourth-order valence-electron chi connectivity index (χ4n) is 12.7. The first-order chi connectivity index (χ1) is 56.2. The minimum absolute atomic E-state index is 0.0150. The molecule has 3 heterocycles. The number of rotatable bonds is 66. The van der Waals surface area contributed by atoms with Crippen LogP contribution in [-0.4, -0.2) is 340 Å². The molecule has 3 aliphatic heterocycles. The van der Waals surface area contributed by atoms with Crippen molar-refractivity contribution in [3.63, 3.8) is 0 Å². The number of hydrogen-bond donors (Lipinski definition) is 21. The normalized spacial score (nSPS) is 23.6. The number of hydrogen-bond acceptors (Lipinski definition) is 30. The van der Waals surface area contributed by atoms with Crippen LogP contribution in [0.25, 0.3) is 0 Å². The van der Waals surface area contributed by atoms with E-state index < -0.39 is 135 Å². The first-order valence-corrected chi connectivity index (χ1v) is 41.3. The lowest BCUT2D eigenvalue weighted by Gasteiger charge is -2.42. The molecule has 41 heteroatoms. The van der Waals surface area contributed by atoms with Crippen molar-refractivity contribution in [3.05, 3.63) is 0 Å². The summed E-state index contributed by atoms with van der Waals surface area (Å²) in [4.78, 5) is 139. The first kappa shape index (κ1) is 105. The fraction of sp³-hybridized carbons (Fsp3) is 0.855. The molecule has 117 heavy (non-hydrogen) atoms. The molecule has 22 N–H and O–H groups in total. The molecule has 41 nitrogen and oxygen atoms in total. The van der Waals surface area contributed by atoms with Gasteiger partial charge in [-0.2, -0.15) is 0 Å². The largest absolute Gasteiger partial charge is 0.394 e. The maximum absolute atomic E-state index is 14.0. The highest BCUT2D eigenvalue weighted by atomic mass is 16.7. The van der Waals surface area contributed by atoms with Gasteiger partial charge in [0.1, 0.15) is 78.6 Å². The Morgan fingerprint density at radius 3 is 0.803 bits per heavy atom. The topological polar surface area (TPSA) is 611 Å². The molecule has 0 bridgehead atoms. The smallest absolute Gasteiger partial charge is 0.222 e. The summed E-state index contributed by atoms with van der Waals surface area (Å²) in [5.74, 6) is -3.69. The first-order valence-electron chi connectivity index (χ1n) is 41.3. The molecule has 3 rings (SSSR count). The van der Waals surface area contributed by atoms with E-state index in [9.17, 15) is 98.7 Å². The monoisotopic (exact) mass is 1680 g/mol. The van der Waals surface area contributed by atoms with Gasteiger partial charge in [0, 0.05) is 138 Å². The molecule has 3 fully saturated rings. The number of aliphatic hydroxyl groups is 9. The standard InChI is InChI=1S/C76H138N12O29/c1-50(92)85-64-70(106)67(103)53(44-89)115-73(64)112-38-15-12-23-57(96)79-32-19-35-82-60(99)27-41-109-47-76(88-63(102)26-11-9-7-5-4-6-8-10-22-56(95)78-31-18-30-77,48-110-42-28-61(100)83-36-20-33-80-58(97)24-13-16-39-113-74-65(86-51(2)93)71(107)68(104)54(45-90)116-74)49-111-43-29-62(101)84-37-21-34-81-59(98)25-14-17-40-114-75-66(87-52(3)94)72(108)69(105)55(46-91)117-75/h53-55,64-75,89-91,103-108H,4-49,77H2,1-3H3,(H,78,95)(H,79,96)(H,80,97)(H,81,98)(H,82,99)(H,83,100)(H,84,101)(H,85,92)(H,86,93)(H,87,94)(H,88,102). The quantitative estimate of drug-likeness (QED) is 0.0253. The highest BCUT2D eigenvalue weighted by Gasteiger charge is 2.48. The second-order valence-electron chi connectivity index (χ2n) is 29.5. The molecular weight excluding hydrogens is 1540 g/mol. The molecule has 0 saturated carbocycles. The van der Waals surface area contributed by atoms with Crippen molar-refractivity contribution in [2.45, 2.75) is 285 Å². The third-order valence-electron chi connectivity index (χ3n) is 19.2.